The number of imidazole rings is 1. The molecule has 1 heterocycles. The van der Waals surface area contributed by atoms with E-state index in [1.165, 1.54) is 0 Å². The van der Waals surface area contributed by atoms with Crippen molar-refractivity contribution in [2.24, 2.45) is 0 Å². The standard InChI is InChI=1S/C15H11Cl3N2/c1-9(16)15-19-13-4-2-3-5-14(13)20(15)10-6-7-11(17)12(18)8-10/h2-9H,1H3. The van der Waals surface area contributed by atoms with Crippen LogP contribution >= 0.6 is 34.8 Å². The summed E-state index contributed by atoms with van der Waals surface area (Å²) in [5.74, 6) is 0.784. The third-order valence-electron chi connectivity index (χ3n) is 3.10. The molecular weight excluding hydrogens is 315 g/mol. The second kappa shape index (κ2) is 5.28. The van der Waals surface area contributed by atoms with Crippen LogP contribution in [0.5, 0.6) is 0 Å². The van der Waals surface area contributed by atoms with Crippen molar-refractivity contribution < 1.29 is 0 Å². The molecule has 3 rings (SSSR count). The highest BCUT2D eigenvalue weighted by Crippen LogP contribution is 2.31. The normalized spacial score (nSPS) is 12.8. The van der Waals surface area contributed by atoms with Gasteiger partial charge in [0.2, 0.25) is 0 Å². The molecule has 20 heavy (non-hydrogen) atoms. The molecule has 0 radical (unpaired) electrons. The molecular formula is C15H11Cl3N2. The van der Waals surface area contributed by atoms with Crippen LogP contribution in [0.15, 0.2) is 42.5 Å². The summed E-state index contributed by atoms with van der Waals surface area (Å²) in [6.45, 7) is 1.90. The van der Waals surface area contributed by atoms with E-state index in [4.69, 9.17) is 34.8 Å². The number of nitrogens with zero attached hydrogens (tertiary/aromatic N) is 2. The summed E-state index contributed by atoms with van der Waals surface area (Å²) in [6.07, 6.45) is 0. The van der Waals surface area contributed by atoms with Gasteiger partial charge in [-0.2, -0.15) is 0 Å². The van der Waals surface area contributed by atoms with Gasteiger partial charge in [-0.3, -0.25) is 4.57 Å². The number of rotatable bonds is 2. The number of halogens is 3. The Balaban J connectivity index is 2.33. The van der Waals surface area contributed by atoms with Crippen LogP contribution in [0.1, 0.15) is 18.1 Å². The van der Waals surface area contributed by atoms with Crippen LogP contribution in [-0.4, -0.2) is 9.55 Å². The van der Waals surface area contributed by atoms with E-state index in [0.29, 0.717) is 10.0 Å². The molecule has 1 unspecified atom stereocenters. The van der Waals surface area contributed by atoms with Crippen molar-refractivity contribution in [2.45, 2.75) is 12.3 Å². The first-order valence-corrected chi connectivity index (χ1v) is 7.34. The highest BCUT2D eigenvalue weighted by molar-refractivity contribution is 6.42. The molecule has 2 aromatic carbocycles. The zero-order valence-corrected chi connectivity index (χ0v) is 12.9. The van der Waals surface area contributed by atoms with Crippen LogP contribution in [0.3, 0.4) is 0 Å². The largest absolute Gasteiger partial charge is 0.295 e. The SMILES string of the molecule is CC(Cl)c1nc2ccccc2n1-c1ccc(Cl)c(Cl)c1. The monoisotopic (exact) mass is 324 g/mol. The smallest absolute Gasteiger partial charge is 0.132 e. The number of alkyl halides is 1. The van der Waals surface area contributed by atoms with E-state index in [9.17, 15) is 0 Å². The Kier molecular flexibility index (Phi) is 3.63. The summed E-state index contributed by atoms with van der Waals surface area (Å²) < 4.78 is 2.01. The first kappa shape index (κ1) is 13.7. The van der Waals surface area contributed by atoms with E-state index in [1.54, 1.807) is 6.07 Å². The van der Waals surface area contributed by atoms with Crippen LogP contribution in [0.25, 0.3) is 16.7 Å². The summed E-state index contributed by atoms with van der Waals surface area (Å²) in [7, 11) is 0. The highest BCUT2D eigenvalue weighted by Gasteiger charge is 2.16. The maximum absolute atomic E-state index is 6.26. The number of benzene rings is 2. The lowest BCUT2D eigenvalue weighted by Crippen LogP contribution is -2.01. The Morgan fingerprint density at radius 1 is 1.05 bits per heavy atom. The number of hydrogen-bond acceptors (Lipinski definition) is 1. The predicted molar refractivity (Wildman–Crippen MR) is 85.4 cm³/mol. The summed E-state index contributed by atoms with van der Waals surface area (Å²) in [5.41, 5.74) is 2.80. The molecule has 1 aromatic heterocycles. The van der Waals surface area contributed by atoms with Crippen molar-refractivity contribution in [2.75, 3.05) is 0 Å². The Morgan fingerprint density at radius 3 is 2.50 bits per heavy atom. The third-order valence-corrected chi connectivity index (χ3v) is 4.04. The van der Waals surface area contributed by atoms with Crippen molar-refractivity contribution in [3.8, 4) is 5.69 Å². The van der Waals surface area contributed by atoms with Crippen molar-refractivity contribution >= 4 is 45.8 Å². The second-order valence-corrected chi connectivity index (χ2v) is 5.98. The summed E-state index contributed by atoms with van der Waals surface area (Å²) >= 11 is 18.4. The lowest BCUT2D eigenvalue weighted by molar-refractivity contribution is 0.882. The lowest BCUT2D eigenvalue weighted by atomic mass is 10.2. The Hall–Kier alpha value is -1.22. The van der Waals surface area contributed by atoms with Crippen molar-refractivity contribution in [3.05, 3.63) is 58.3 Å². The number of fused-ring (bicyclic) bond motifs is 1. The van der Waals surface area contributed by atoms with Crippen molar-refractivity contribution in [1.82, 2.24) is 9.55 Å². The fourth-order valence-electron chi connectivity index (χ4n) is 2.21. The van der Waals surface area contributed by atoms with Crippen molar-refractivity contribution in [3.63, 3.8) is 0 Å². The van der Waals surface area contributed by atoms with Gasteiger partial charge < -0.3 is 0 Å². The first-order chi connectivity index (χ1) is 9.58. The van der Waals surface area contributed by atoms with E-state index >= 15 is 0 Å². The first-order valence-electron chi connectivity index (χ1n) is 6.15. The molecule has 1 atom stereocenters. The number of hydrogen-bond donors (Lipinski definition) is 0. The molecule has 0 fully saturated rings. The van der Waals surface area contributed by atoms with Gasteiger partial charge in [-0.1, -0.05) is 35.3 Å². The molecule has 0 saturated carbocycles. The second-order valence-electron chi connectivity index (χ2n) is 4.51. The highest BCUT2D eigenvalue weighted by atomic mass is 35.5. The molecule has 0 N–H and O–H groups in total. The van der Waals surface area contributed by atoms with Gasteiger partial charge in [0.05, 0.1) is 26.5 Å². The maximum atomic E-state index is 6.26. The van der Waals surface area contributed by atoms with Crippen LogP contribution in [0, 0.1) is 0 Å². The zero-order chi connectivity index (χ0) is 14.3. The summed E-state index contributed by atoms with van der Waals surface area (Å²) in [5, 5.41) is 0.826. The molecule has 2 nitrogen and oxygen atoms in total. The lowest BCUT2D eigenvalue weighted by Gasteiger charge is -2.11. The molecule has 0 aliphatic heterocycles. The zero-order valence-electron chi connectivity index (χ0n) is 10.6. The predicted octanol–water partition coefficient (Wildman–Crippen LogP) is 5.63. The van der Waals surface area contributed by atoms with Gasteiger partial charge in [0.1, 0.15) is 5.82 Å². The fraction of sp³-hybridized carbons (Fsp3) is 0.133. The van der Waals surface area contributed by atoms with Gasteiger partial charge in [0.25, 0.3) is 0 Å². The van der Waals surface area contributed by atoms with Crippen LogP contribution in [0.4, 0.5) is 0 Å². The third kappa shape index (κ3) is 2.28. The van der Waals surface area contributed by atoms with Gasteiger partial charge in [0, 0.05) is 5.69 Å². The van der Waals surface area contributed by atoms with Gasteiger partial charge in [-0.25, -0.2) is 4.98 Å². The topological polar surface area (TPSA) is 17.8 Å². The molecule has 0 amide bonds. The number of para-hydroxylation sites is 2. The van der Waals surface area contributed by atoms with E-state index in [0.717, 1.165) is 22.5 Å². The minimum absolute atomic E-state index is 0.211. The minimum atomic E-state index is -0.211. The van der Waals surface area contributed by atoms with Gasteiger partial charge in [-0.15, -0.1) is 11.6 Å². The molecule has 0 spiro atoms. The molecule has 0 aliphatic rings. The average Bonchev–Trinajstić information content (AvgIpc) is 2.81. The molecule has 0 saturated heterocycles. The van der Waals surface area contributed by atoms with Gasteiger partial charge in [-0.05, 0) is 37.3 Å². The molecule has 5 heteroatoms. The number of aromatic nitrogens is 2. The minimum Gasteiger partial charge on any atom is -0.295 e. The Morgan fingerprint density at radius 2 is 1.80 bits per heavy atom. The van der Waals surface area contributed by atoms with E-state index < -0.39 is 0 Å². The van der Waals surface area contributed by atoms with E-state index in [1.807, 2.05) is 47.9 Å². The van der Waals surface area contributed by atoms with Gasteiger partial charge >= 0.3 is 0 Å². The Labute approximate surface area is 131 Å². The quantitative estimate of drug-likeness (QED) is 0.558. The van der Waals surface area contributed by atoms with Crippen molar-refractivity contribution in [1.29, 1.82) is 0 Å². The van der Waals surface area contributed by atoms with E-state index in [2.05, 4.69) is 4.98 Å². The fourth-order valence-corrected chi connectivity index (χ4v) is 2.65. The Bertz CT molecular complexity index is 778. The molecule has 3 aromatic rings. The van der Waals surface area contributed by atoms with Crippen LogP contribution in [0.2, 0.25) is 10.0 Å². The summed E-state index contributed by atoms with van der Waals surface area (Å²) in [6, 6.07) is 13.4. The molecule has 102 valence electrons. The van der Waals surface area contributed by atoms with E-state index in [-0.39, 0.29) is 5.38 Å². The molecule has 0 bridgehead atoms. The molecule has 0 aliphatic carbocycles. The summed E-state index contributed by atoms with van der Waals surface area (Å²) in [4.78, 5) is 4.60. The van der Waals surface area contributed by atoms with Crippen LogP contribution < -0.4 is 0 Å². The maximum Gasteiger partial charge on any atom is 0.132 e. The van der Waals surface area contributed by atoms with Gasteiger partial charge in [0.15, 0.2) is 0 Å². The average molecular weight is 326 g/mol. The van der Waals surface area contributed by atoms with Crippen LogP contribution in [-0.2, 0) is 0 Å².